The van der Waals surface area contributed by atoms with Crippen molar-refractivity contribution in [2.45, 2.75) is 19.5 Å². The van der Waals surface area contributed by atoms with Gasteiger partial charge in [0.1, 0.15) is 5.82 Å². The topological polar surface area (TPSA) is 24.5 Å². The molecule has 1 saturated heterocycles. The van der Waals surface area contributed by atoms with Crippen LogP contribution in [-0.4, -0.2) is 43.8 Å². The van der Waals surface area contributed by atoms with Crippen molar-refractivity contribution < 1.29 is 9.13 Å². The van der Waals surface area contributed by atoms with Crippen molar-refractivity contribution in [1.29, 1.82) is 0 Å². The molecule has 0 radical (unpaired) electrons. The van der Waals surface area contributed by atoms with Gasteiger partial charge in [0.25, 0.3) is 0 Å². The summed E-state index contributed by atoms with van der Waals surface area (Å²) in [6.45, 7) is 7.50. The predicted molar refractivity (Wildman–Crippen MR) is 77.7 cm³/mol. The fourth-order valence-electron chi connectivity index (χ4n) is 2.18. The number of benzene rings is 1. The fraction of sp³-hybridized carbons (Fsp3) is 0.571. The van der Waals surface area contributed by atoms with Crippen molar-refractivity contribution >= 4 is 15.9 Å². The van der Waals surface area contributed by atoms with Gasteiger partial charge in [-0.3, -0.25) is 4.90 Å². The van der Waals surface area contributed by atoms with Gasteiger partial charge in [-0.2, -0.15) is 0 Å². The van der Waals surface area contributed by atoms with Gasteiger partial charge in [-0.05, 0) is 40.5 Å². The molecule has 1 unspecified atom stereocenters. The Morgan fingerprint density at radius 1 is 1.42 bits per heavy atom. The van der Waals surface area contributed by atoms with E-state index in [1.807, 2.05) is 6.07 Å². The molecule has 0 aromatic heterocycles. The smallest absolute Gasteiger partial charge is 0.137 e. The highest BCUT2D eigenvalue weighted by Gasteiger charge is 2.13. The Labute approximate surface area is 122 Å². The number of morpholine rings is 1. The minimum atomic E-state index is -0.208. The number of hydrogen-bond donors (Lipinski definition) is 1. The summed E-state index contributed by atoms with van der Waals surface area (Å²) in [4.78, 5) is 2.39. The fourth-order valence-corrected chi connectivity index (χ4v) is 2.42. The molecule has 1 aromatic carbocycles. The normalized spacial score (nSPS) is 18.5. The lowest BCUT2D eigenvalue weighted by Gasteiger charge is -2.29. The zero-order chi connectivity index (χ0) is 13.7. The van der Waals surface area contributed by atoms with Gasteiger partial charge in [0.05, 0.1) is 17.7 Å². The molecule has 1 aromatic rings. The Morgan fingerprint density at radius 3 is 2.84 bits per heavy atom. The van der Waals surface area contributed by atoms with E-state index in [0.717, 1.165) is 38.4 Å². The van der Waals surface area contributed by atoms with E-state index in [4.69, 9.17) is 4.74 Å². The summed E-state index contributed by atoms with van der Waals surface area (Å²) in [5.74, 6) is -0.208. The lowest BCUT2D eigenvalue weighted by molar-refractivity contribution is 0.0343. The number of hydrogen-bond acceptors (Lipinski definition) is 3. The summed E-state index contributed by atoms with van der Waals surface area (Å²) in [7, 11) is 0. The van der Waals surface area contributed by atoms with Crippen LogP contribution in [0.2, 0.25) is 0 Å². The van der Waals surface area contributed by atoms with Crippen LogP contribution in [0.3, 0.4) is 0 Å². The van der Waals surface area contributed by atoms with E-state index >= 15 is 0 Å². The molecule has 0 spiro atoms. The van der Waals surface area contributed by atoms with Gasteiger partial charge in [0, 0.05) is 32.2 Å². The first-order chi connectivity index (χ1) is 9.15. The lowest BCUT2D eigenvalue weighted by atomic mass is 10.2. The maximum absolute atomic E-state index is 13.4. The summed E-state index contributed by atoms with van der Waals surface area (Å²) >= 11 is 3.16. The third kappa shape index (κ3) is 4.84. The minimum Gasteiger partial charge on any atom is -0.379 e. The van der Waals surface area contributed by atoms with Gasteiger partial charge in [0.15, 0.2) is 0 Å². The molecule has 1 aliphatic rings. The average Bonchev–Trinajstić information content (AvgIpc) is 2.41. The lowest BCUT2D eigenvalue weighted by Crippen LogP contribution is -2.44. The van der Waals surface area contributed by atoms with Crippen LogP contribution in [0.1, 0.15) is 12.5 Å². The van der Waals surface area contributed by atoms with Crippen LogP contribution in [0.4, 0.5) is 4.39 Å². The second-order valence-electron chi connectivity index (χ2n) is 4.94. The van der Waals surface area contributed by atoms with Crippen LogP contribution >= 0.6 is 15.9 Å². The van der Waals surface area contributed by atoms with Gasteiger partial charge < -0.3 is 10.1 Å². The minimum absolute atomic E-state index is 0.208. The van der Waals surface area contributed by atoms with Crippen LogP contribution in [0.5, 0.6) is 0 Å². The zero-order valence-electron chi connectivity index (χ0n) is 11.2. The van der Waals surface area contributed by atoms with Crippen LogP contribution in [0, 0.1) is 5.82 Å². The van der Waals surface area contributed by atoms with Gasteiger partial charge in [-0.1, -0.05) is 6.07 Å². The van der Waals surface area contributed by atoms with E-state index in [9.17, 15) is 4.39 Å². The van der Waals surface area contributed by atoms with Crippen LogP contribution in [-0.2, 0) is 11.3 Å². The summed E-state index contributed by atoms with van der Waals surface area (Å²) in [6.07, 6.45) is 0. The molecule has 1 aliphatic heterocycles. The highest BCUT2D eigenvalue weighted by atomic mass is 79.9. The molecule has 2 rings (SSSR count). The van der Waals surface area contributed by atoms with Gasteiger partial charge in [0.2, 0.25) is 0 Å². The number of ether oxygens (including phenoxy) is 1. The van der Waals surface area contributed by atoms with E-state index in [-0.39, 0.29) is 5.82 Å². The van der Waals surface area contributed by atoms with E-state index in [1.54, 1.807) is 12.1 Å². The summed E-state index contributed by atoms with van der Waals surface area (Å²) in [5.41, 5.74) is 0.967. The van der Waals surface area contributed by atoms with Crippen LogP contribution in [0.15, 0.2) is 22.7 Å². The monoisotopic (exact) mass is 330 g/mol. The number of halogens is 2. The Hall–Kier alpha value is -0.490. The van der Waals surface area contributed by atoms with Crippen molar-refractivity contribution in [3.63, 3.8) is 0 Å². The van der Waals surface area contributed by atoms with E-state index in [0.29, 0.717) is 17.1 Å². The van der Waals surface area contributed by atoms with Gasteiger partial charge in [-0.25, -0.2) is 4.39 Å². The summed E-state index contributed by atoms with van der Waals surface area (Å²) in [6, 6.07) is 5.63. The van der Waals surface area contributed by atoms with Crippen molar-refractivity contribution in [3.8, 4) is 0 Å². The molecule has 0 saturated carbocycles. The number of rotatable bonds is 5. The maximum Gasteiger partial charge on any atom is 0.137 e. The number of nitrogens with zero attached hydrogens (tertiary/aromatic N) is 1. The van der Waals surface area contributed by atoms with E-state index < -0.39 is 0 Å². The zero-order valence-corrected chi connectivity index (χ0v) is 12.7. The summed E-state index contributed by atoms with van der Waals surface area (Å²) in [5, 5.41) is 3.43. The van der Waals surface area contributed by atoms with Gasteiger partial charge in [-0.15, -0.1) is 0 Å². The SMILES string of the molecule is CC(CN1CCOCC1)NCc1ccc(Br)c(F)c1. The Kier molecular flexibility index (Phi) is 5.76. The molecule has 0 amide bonds. The summed E-state index contributed by atoms with van der Waals surface area (Å²) < 4.78 is 19.2. The van der Waals surface area contributed by atoms with E-state index in [1.165, 1.54) is 0 Å². The van der Waals surface area contributed by atoms with Crippen molar-refractivity contribution in [3.05, 3.63) is 34.1 Å². The average molecular weight is 331 g/mol. The molecule has 1 N–H and O–H groups in total. The third-order valence-electron chi connectivity index (χ3n) is 3.27. The predicted octanol–water partition coefficient (Wildman–Crippen LogP) is 2.40. The molecule has 0 bridgehead atoms. The van der Waals surface area contributed by atoms with Crippen molar-refractivity contribution in [2.75, 3.05) is 32.8 Å². The molecule has 1 atom stereocenters. The highest BCUT2D eigenvalue weighted by Crippen LogP contribution is 2.16. The molecule has 19 heavy (non-hydrogen) atoms. The molecule has 3 nitrogen and oxygen atoms in total. The first kappa shape index (κ1) is 14.9. The molecule has 5 heteroatoms. The van der Waals surface area contributed by atoms with E-state index in [2.05, 4.69) is 33.1 Å². The first-order valence-corrected chi connectivity index (χ1v) is 7.42. The Balaban J connectivity index is 1.75. The maximum atomic E-state index is 13.4. The second kappa shape index (κ2) is 7.33. The van der Waals surface area contributed by atoms with Crippen molar-refractivity contribution in [1.82, 2.24) is 10.2 Å². The van der Waals surface area contributed by atoms with Crippen LogP contribution in [0.25, 0.3) is 0 Å². The molecular weight excluding hydrogens is 311 g/mol. The molecule has 0 aliphatic carbocycles. The standard InChI is InChI=1S/C14H20BrFN2O/c1-11(10-18-4-6-19-7-5-18)17-9-12-2-3-13(15)14(16)8-12/h2-3,8,11,17H,4-7,9-10H2,1H3. The highest BCUT2D eigenvalue weighted by molar-refractivity contribution is 9.10. The molecule has 1 heterocycles. The largest absolute Gasteiger partial charge is 0.379 e. The first-order valence-electron chi connectivity index (χ1n) is 6.62. The molecule has 106 valence electrons. The van der Waals surface area contributed by atoms with Crippen molar-refractivity contribution in [2.24, 2.45) is 0 Å². The van der Waals surface area contributed by atoms with Crippen LogP contribution < -0.4 is 5.32 Å². The molecular formula is C14H20BrFN2O. The molecule has 1 fully saturated rings. The Morgan fingerprint density at radius 2 is 2.16 bits per heavy atom. The Bertz CT molecular complexity index is 410. The number of nitrogens with one attached hydrogen (secondary N) is 1. The second-order valence-corrected chi connectivity index (χ2v) is 5.80. The van der Waals surface area contributed by atoms with Gasteiger partial charge >= 0.3 is 0 Å². The third-order valence-corrected chi connectivity index (χ3v) is 3.92. The quantitative estimate of drug-likeness (QED) is 0.897.